The molecule has 0 fully saturated rings. The van der Waals surface area contributed by atoms with Crippen LogP contribution in [0.2, 0.25) is 0 Å². The molecule has 0 amide bonds. The van der Waals surface area contributed by atoms with Crippen LogP contribution in [-0.2, 0) is 28.1 Å². The fourth-order valence-electron chi connectivity index (χ4n) is 6.34. The minimum atomic E-state index is -2.32. The van der Waals surface area contributed by atoms with E-state index in [4.69, 9.17) is 11.8 Å². The van der Waals surface area contributed by atoms with Crippen LogP contribution in [0.3, 0.4) is 0 Å². The number of hydrogen-bond acceptors (Lipinski definition) is 1. The van der Waals surface area contributed by atoms with Crippen LogP contribution in [0.25, 0.3) is 0 Å². The monoisotopic (exact) mass is 604 g/mol. The van der Waals surface area contributed by atoms with Gasteiger partial charge in [-0.05, 0) is 119 Å². The van der Waals surface area contributed by atoms with Gasteiger partial charge in [-0.25, -0.2) is 0 Å². The zero-order valence-electron chi connectivity index (χ0n) is 28.8. The van der Waals surface area contributed by atoms with Crippen molar-refractivity contribution >= 4 is 47.0 Å². The maximum Gasteiger partial charge on any atom is 0.0392 e. The molecule has 0 aliphatic carbocycles. The predicted molar refractivity (Wildman–Crippen MR) is 195 cm³/mol. The molecule has 3 heteroatoms. The van der Waals surface area contributed by atoms with Crippen LogP contribution in [-0.4, -0.2) is 5.03 Å². The highest BCUT2D eigenvalue weighted by atomic mass is 32.4. The lowest BCUT2D eigenvalue weighted by atomic mass is 9.75. The minimum Gasteiger partial charge on any atom is -0.0826 e. The molecule has 3 rings (SSSR count). The summed E-state index contributed by atoms with van der Waals surface area (Å²) in [7, 11) is 1.26. The van der Waals surface area contributed by atoms with Crippen LogP contribution >= 0.6 is 14.2 Å². The summed E-state index contributed by atoms with van der Waals surface area (Å²) in [5.41, 5.74) is 12.3. The molecule has 0 N–H and O–H groups in total. The van der Waals surface area contributed by atoms with Crippen molar-refractivity contribution in [3.8, 4) is 0 Å². The summed E-state index contributed by atoms with van der Waals surface area (Å²) < 4.78 is 0. The molecule has 0 atom stereocenters. The Morgan fingerprint density at radius 3 is 1.15 bits per heavy atom. The zero-order valence-corrected chi connectivity index (χ0v) is 31.4. The first-order chi connectivity index (χ1) is 18.5. The van der Waals surface area contributed by atoms with Gasteiger partial charge in [0, 0.05) is 11.3 Å². The topological polar surface area (TPSA) is 0 Å². The number of benzene rings is 3. The lowest BCUT2D eigenvalue weighted by Crippen LogP contribution is -2.31. The van der Waals surface area contributed by atoms with Crippen molar-refractivity contribution in [3.63, 3.8) is 0 Å². The van der Waals surface area contributed by atoms with E-state index in [0.717, 1.165) is 0 Å². The maximum atomic E-state index is 7.12. The van der Waals surface area contributed by atoms with Gasteiger partial charge in [-0.3, -0.25) is 0 Å². The van der Waals surface area contributed by atoms with Gasteiger partial charge in [0.05, 0.1) is 0 Å². The van der Waals surface area contributed by atoms with Crippen molar-refractivity contribution in [1.29, 1.82) is 0 Å². The average molecular weight is 605 g/mol. The van der Waals surface area contributed by atoms with Crippen molar-refractivity contribution in [2.45, 2.75) is 127 Å². The second-order valence-corrected chi connectivity index (χ2v) is 21.6. The lowest BCUT2D eigenvalue weighted by molar-refractivity contribution is 0.554. The Labute approximate surface area is 259 Å². The average Bonchev–Trinajstić information content (AvgIpc) is 2.75. The van der Waals surface area contributed by atoms with E-state index in [2.05, 4.69) is 147 Å². The zero-order chi connectivity index (χ0) is 31.5. The normalized spacial score (nSPS) is 13.6. The van der Waals surface area contributed by atoms with E-state index < -0.39 is 6.04 Å². The molecule has 0 nitrogen and oxygen atoms in total. The van der Waals surface area contributed by atoms with Crippen LogP contribution in [0.5, 0.6) is 0 Å². The summed E-state index contributed by atoms with van der Waals surface area (Å²) in [6.07, 6.45) is 0. The molecule has 0 spiro atoms. The van der Waals surface area contributed by atoms with Gasteiger partial charge in [0.25, 0.3) is 0 Å². The largest absolute Gasteiger partial charge is 0.0826 e. The molecule has 0 aromatic heterocycles. The molecule has 0 heterocycles. The lowest BCUT2D eigenvalue weighted by Gasteiger charge is -2.34. The quantitative estimate of drug-likeness (QED) is 0.267. The Bertz CT molecular complexity index is 1420. The smallest absolute Gasteiger partial charge is 0.0392 e. The maximum absolute atomic E-state index is 7.12. The van der Waals surface area contributed by atoms with E-state index in [1.165, 1.54) is 79.2 Å². The molecule has 0 aliphatic heterocycles. The van der Waals surface area contributed by atoms with Crippen LogP contribution in [0.4, 0.5) is 0 Å². The van der Waals surface area contributed by atoms with E-state index in [9.17, 15) is 0 Å². The standard InChI is InChI=1S/C38H54P2S/c1-23-17-25(3)34(26(4)18-23)40(41,35-27(5)19-24(2)20-28(35)6)29(7)39-33-31(37(11,12)13)21-30(36(8,9)10)22-32(33)38(14,15)16/h17-22H,1-16H3. The van der Waals surface area contributed by atoms with E-state index in [-0.39, 0.29) is 16.2 Å². The molecule has 0 bridgehead atoms. The van der Waals surface area contributed by atoms with Crippen molar-refractivity contribution in [2.75, 3.05) is 0 Å². The Morgan fingerprint density at radius 2 is 0.878 bits per heavy atom. The van der Waals surface area contributed by atoms with Gasteiger partial charge in [0.1, 0.15) is 0 Å². The van der Waals surface area contributed by atoms with Crippen LogP contribution in [0, 0.1) is 41.5 Å². The molecule has 0 aliphatic rings. The molecule has 3 aromatic rings. The third kappa shape index (κ3) is 6.85. The molecule has 222 valence electrons. The first kappa shape index (κ1) is 34.0. The highest BCUT2D eigenvalue weighted by Crippen LogP contribution is 2.52. The van der Waals surface area contributed by atoms with Gasteiger partial charge in [-0.2, -0.15) is 0 Å². The molecule has 0 saturated heterocycles. The predicted octanol–water partition coefficient (Wildman–Crippen LogP) is 10.3. The van der Waals surface area contributed by atoms with Gasteiger partial charge < -0.3 is 0 Å². The first-order valence-electron chi connectivity index (χ1n) is 15.0. The molecule has 0 unspecified atom stereocenters. The van der Waals surface area contributed by atoms with E-state index in [1.807, 2.05) is 0 Å². The highest BCUT2D eigenvalue weighted by molar-refractivity contribution is 8.32. The summed E-state index contributed by atoms with van der Waals surface area (Å²) >= 11 is 7.12. The van der Waals surface area contributed by atoms with Crippen molar-refractivity contribution in [3.05, 3.63) is 86.5 Å². The second-order valence-electron chi connectivity index (χ2n) is 15.4. The Balaban J connectivity index is 2.59. The molecule has 3 aromatic carbocycles. The molecule has 0 saturated carbocycles. The SMILES string of the molecule is CC(=Pc1c(C(C)(C)C)cc(C(C)(C)C)cc1C(C)(C)C)P(=S)(c1c(C)cc(C)cc1C)c1c(C)cc(C)cc1C. The van der Waals surface area contributed by atoms with Crippen LogP contribution in [0.15, 0.2) is 36.4 Å². The first-order valence-corrected chi connectivity index (χ1v) is 18.7. The summed E-state index contributed by atoms with van der Waals surface area (Å²) in [4.78, 5) is 0. The summed E-state index contributed by atoms with van der Waals surface area (Å²) in [5, 5.41) is 5.64. The fraction of sp³-hybridized carbons (Fsp3) is 0.500. The third-order valence-electron chi connectivity index (χ3n) is 8.22. The van der Waals surface area contributed by atoms with Crippen molar-refractivity contribution < 1.29 is 0 Å². The van der Waals surface area contributed by atoms with Gasteiger partial charge in [-0.1, -0.05) is 130 Å². The third-order valence-corrected chi connectivity index (χ3v) is 16.4. The summed E-state index contributed by atoms with van der Waals surface area (Å²) in [6, 6.07) is 12.0. The van der Waals surface area contributed by atoms with Gasteiger partial charge in [-0.15, -0.1) is 0 Å². The highest BCUT2D eigenvalue weighted by Gasteiger charge is 2.34. The summed E-state index contributed by atoms with van der Waals surface area (Å²) in [5.74, 6) is 0. The number of aryl methyl sites for hydroxylation is 6. The van der Waals surface area contributed by atoms with Crippen molar-refractivity contribution in [1.82, 2.24) is 0 Å². The van der Waals surface area contributed by atoms with Gasteiger partial charge in [0.2, 0.25) is 0 Å². The second kappa shape index (κ2) is 11.5. The number of rotatable bonds is 4. The van der Waals surface area contributed by atoms with Gasteiger partial charge >= 0.3 is 0 Å². The molecular formula is C38H54P2S. The van der Waals surface area contributed by atoms with E-state index in [0.29, 0.717) is 0 Å². The van der Waals surface area contributed by atoms with Crippen LogP contribution < -0.4 is 15.9 Å². The fourth-order valence-corrected chi connectivity index (χ4v) is 14.4. The van der Waals surface area contributed by atoms with E-state index >= 15 is 0 Å². The molecule has 0 radical (unpaired) electrons. The van der Waals surface area contributed by atoms with Gasteiger partial charge in [0.15, 0.2) is 0 Å². The minimum absolute atomic E-state index is 0.0117. The number of hydrogen-bond donors (Lipinski definition) is 0. The van der Waals surface area contributed by atoms with Crippen molar-refractivity contribution in [2.24, 2.45) is 0 Å². The molecule has 41 heavy (non-hydrogen) atoms. The van der Waals surface area contributed by atoms with Crippen LogP contribution in [0.1, 0.15) is 119 Å². The Kier molecular flexibility index (Phi) is 9.55. The van der Waals surface area contributed by atoms with E-state index in [1.54, 1.807) is 0 Å². The Morgan fingerprint density at radius 1 is 0.561 bits per heavy atom. The summed E-state index contributed by atoms with van der Waals surface area (Å²) in [6.45, 7) is 37.1. The Hall–Kier alpha value is -1.52. The molecular weight excluding hydrogens is 550 g/mol.